The van der Waals surface area contributed by atoms with Crippen molar-refractivity contribution in [3.05, 3.63) is 45.2 Å². The zero-order valence-corrected chi connectivity index (χ0v) is 16.9. The summed E-state index contributed by atoms with van der Waals surface area (Å²) in [7, 11) is 1.59. The molecule has 0 spiro atoms. The molecule has 26 heavy (non-hydrogen) atoms. The molecule has 3 heterocycles. The monoisotopic (exact) mass is 415 g/mol. The van der Waals surface area contributed by atoms with Gasteiger partial charge in [0, 0.05) is 12.3 Å². The van der Waals surface area contributed by atoms with Gasteiger partial charge in [0.15, 0.2) is 0 Å². The zero-order chi connectivity index (χ0) is 17.6. The van der Waals surface area contributed by atoms with Gasteiger partial charge in [0.25, 0.3) is 5.91 Å². The Morgan fingerprint density at radius 3 is 2.73 bits per heavy atom. The summed E-state index contributed by atoms with van der Waals surface area (Å²) >= 11 is 7.25. The van der Waals surface area contributed by atoms with Crippen LogP contribution in [0.3, 0.4) is 0 Å². The number of amides is 1. The number of methoxy groups -OCH3 is 1. The molecular formula is C18H23Cl2N3O2S. The van der Waals surface area contributed by atoms with Gasteiger partial charge in [0.2, 0.25) is 5.88 Å². The molecule has 1 atom stereocenters. The number of carbonyl (C=O) groups is 1. The Morgan fingerprint density at radius 2 is 2.15 bits per heavy atom. The van der Waals surface area contributed by atoms with E-state index in [-0.39, 0.29) is 24.4 Å². The molecule has 1 amide bonds. The highest BCUT2D eigenvalue weighted by Crippen LogP contribution is 2.28. The van der Waals surface area contributed by atoms with Gasteiger partial charge in [-0.2, -0.15) is 0 Å². The van der Waals surface area contributed by atoms with Crippen LogP contribution in [0.4, 0.5) is 0 Å². The number of rotatable bonds is 6. The van der Waals surface area contributed by atoms with Crippen LogP contribution in [0.15, 0.2) is 30.5 Å². The molecule has 0 unspecified atom stereocenters. The van der Waals surface area contributed by atoms with Crippen molar-refractivity contribution in [2.75, 3.05) is 20.2 Å². The maximum Gasteiger partial charge on any atom is 0.261 e. The van der Waals surface area contributed by atoms with E-state index in [0.29, 0.717) is 21.0 Å². The van der Waals surface area contributed by atoms with Crippen LogP contribution in [0.5, 0.6) is 5.88 Å². The lowest BCUT2D eigenvalue weighted by Crippen LogP contribution is -2.33. The first-order chi connectivity index (χ1) is 12.2. The quantitative estimate of drug-likeness (QED) is 0.745. The van der Waals surface area contributed by atoms with Crippen molar-refractivity contribution in [2.24, 2.45) is 5.92 Å². The van der Waals surface area contributed by atoms with Gasteiger partial charge < -0.3 is 15.4 Å². The molecule has 2 N–H and O–H groups in total. The molecule has 0 radical (unpaired) electrons. The van der Waals surface area contributed by atoms with E-state index in [1.807, 2.05) is 12.1 Å². The molecule has 0 aliphatic carbocycles. The second-order valence-electron chi connectivity index (χ2n) is 6.19. The number of nitrogens with zero attached hydrogens (tertiary/aromatic N) is 1. The Hall–Kier alpha value is -1.34. The summed E-state index contributed by atoms with van der Waals surface area (Å²) in [5.41, 5.74) is 0.996. The smallest absolute Gasteiger partial charge is 0.261 e. The van der Waals surface area contributed by atoms with E-state index in [4.69, 9.17) is 16.3 Å². The van der Waals surface area contributed by atoms with Crippen molar-refractivity contribution in [1.29, 1.82) is 0 Å². The SMILES string of the molecule is COc1ccc([C@H](CC2CCNCC2)NC(=O)c2ccc(Cl)s2)cn1.Cl. The maximum absolute atomic E-state index is 12.6. The van der Waals surface area contributed by atoms with Crippen LogP contribution in [0.25, 0.3) is 0 Å². The fraction of sp³-hybridized carbons (Fsp3) is 0.444. The predicted molar refractivity (Wildman–Crippen MR) is 108 cm³/mol. The lowest BCUT2D eigenvalue weighted by molar-refractivity contribution is 0.0933. The van der Waals surface area contributed by atoms with E-state index in [9.17, 15) is 4.79 Å². The van der Waals surface area contributed by atoms with Crippen LogP contribution in [-0.4, -0.2) is 31.1 Å². The summed E-state index contributed by atoms with van der Waals surface area (Å²) in [6.07, 6.45) is 4.94. The van der Waals surface area contributed by atoms with Crippen LogP contribution in [0, 0.1) is 5.92 Å². The molecule has 0 bridgehead atoms. The topological polar surface area (TPSA) is 63.2 Å². The predicted octanol–water partition coefficient (Wildman–Crippen LogP) is 4.09. The summed E-state index contributed by atoms with van der Waals surface area (Å²) in [6, 6.07) is 7.24. The van der Waals surface area contributed by atoms with E-state index < -0.39 is 0 Å². The molecule has 142 valence electrons. The van der Waals surface area contributed by atoms with Crippen molar-refractivity contribution in [3.8, 4) is 5.88 Å². The average molecular weight is 416 g/mol. The summed E-state index contributed by atoms with van der Waals surface area (Å²) in [6.45, 7) is 2.07. The minimum Gasteiger partial charge on any atom is -0.481 e. The third-order valence-corrected chi connectivity index (χ3v) is 5.73. The summed E-state index contributed by atoms with van der Waals surface area (Å²) in [5, 5.41) is 6.54. The van der Waals surface area contributed by atoms with E-state index in [1.54, 1.807) is 25.4 Å². The van der Waals surface area contributed by atoms with Crippen LogP contribution in [0.2, 0.25) is 4.34 Å². The second-order valence-corrected chi connectivity index (χ2v) is 7.91. The number of nitrogens with one attached hydrogen (secondary N) is 2. The molecule has 0 aromatic carbocycles. The first-order valence-electron chi connectivity index (χ1n) is 8.42. The van der Waals surface area contributed by atoms with E-state index >= 15 is 0 Å². The van der Waals surface area contributed by atoms with Gasteiger partial charge >= 0.3 is 0 Å². The molecule has 2 aromatic rings. The number of piperidine rings is 1. The summed E-state index contributed by atoms with van der Waals surface area (Å²) in [4.78, 5) is 17.5. The molecular weight excluding hydrogens is 393 g/mol. The van der Waals surface area contributed by atoms with Crippen LogP contribution < -0.4 is 15.4 Å². The van der Waals surface area contributed by atoms with E-state index in [0.717, 1.165) is 37.9 Å². The van der Waals surface area contributed by atoms with E-state index in [1.165, 1.54) is 11.3 Å². The Labute approximate surface area is 168 Å². The van der Waals surface area contributed by atoms with Crippen molar-refractivity contribution in [1.82, 2.24) is 15.6 Å². The molecule has 3 rings (SSSR count). The number of thiophene rings is 1. The zero-order valence-electron chi connectivity index (χ0n) is 14.5. The Balaban J connectivity index is 0.00000243. The third-order valence-electron chi connectivity index (χ3n) is 4.50. The standard InChI is InChI=1S/C18H22ClN3O2S.ClH/c1-24-17-5-2-13(11-21-17)14(10-12-6-8-20-9-7-12)22-18(23)15-3-4-16(19)25-15;/h2-5,11-12,14,20H,6-10H2,1H3,(H,22,23);1H/t14-;/m0./s1. The third kappa shape index (κ3) is 5.58. The molecule has 1 aliphatic heterocycles. The van der Waals surface area contributed by atoms with Gasteiger partial charge in [-0.25, -0.2) is 4.98 Å². The van der Waals surface area contributed by atoms with Gasteiger partial charge in [-0.15, -0.1) is 23.7 Å². The van der Waals surface area contributed by atoms with Crippen LogP contribution in [0.1, 0.15) is 40.5 Å². The van der Waals surface area contributed by atoms with Crippen LogP contribution in [-0.2, 0) is 0 Å². The number of halogens is 2. The molecule has 1 aliphatic rings. The summed E-state index contributed by atoms with van der Waals surface area (Å²) in [5.74, 6) is 1.06. The van der Waals surface area contributed by atoms with Gasteiger partial charge in [-0.1, -0.05) is 17.7 Å². The normalized spacial score (nSPS) is 15.8. The highest BCUT2D eigenvalue weighted by molar-refractivity contribution is 7.18. The first-order valence-corrected chi connectivity index (χ1v) is 9.62. The number of hydrogen-bond donors (Lipinski definition) is 2. The Kier molecular flexibility index (Phi) is 8.15. The number of carbonyl (C=O) groups excluding carboxylic acids is 1. The Bertz CT molecular complexity index is 703. The van der Waals surface area contributed by atoms with Gasteiger partial charge in [0.1, 0.15) is 0 Å². The number of hydrogen-bond acceptors (Lipinski definition) is 5. The maximum atomic E-state index is 12.6. The average Bonchev–Trinajstić information content (AvgIpc) is 3.09. The van der Waals surface area contributed by atoms with Gasteiger partial charge in [-0.05, 0) is 56.0 Å². The molecule has 0 saturated carbocycles. The lowest BCUT2D eigenvalue weighted by atomic mass is 9.88. The summed E-state index contributed by atoms with van der Waals surface area (Å²) < 4.78 is 5.75. The highest BCUT2D eigenvalue weighted by Gasteiger charge is 2.23. The molecule has 1 fully saturated rings. The fourth-order valence-corrected chi connectivity index (χ4v) is 4.06. The molecule has 2 aromatic heterocycles. The number of pyridine rings is 1. The minimum absolute atomic E-state index is 0. The Morgan fingerprint density at radius 1 is 1.38 bits per heavy atom. The minimum atomic E-state index is -0.0911. The van der Waals surface area contributed by atoms with Gasteiger partial charge in [-0.3, -0.25) is 4.79 Å². The lowest BCUT2D eigenvalue weighted by Gasteiger charge is -2.27. The number of ether oxygens (including phenoxy) is 1. The van der Waals surface area contributed by atoms with Gasteiger partial charge in [0.05, 0.1) is 22.4 Å². The highest BCUT2D eigenvalue weighted by atomic mass is 35.5. The van der Waals surface area contributed by atoms with Crippen molar-refractivity contribution < 1.29 is 9.53 Å². The van der Waals surface area contributed by atoms with Crippen molar-refractivity contribution in [3.63, 3.8) is 0 Å². The largest absolute Gasteiger partial charge is 0.481 e. The van der Waals surface area contributed by atoms with Crippen molar-refractivity contribution >= 4 is 41.3 Å². The number of aromatic nitrogens is 1. The molecule has 8 heteroatoms. The first kappa shape index (κ1) is 21.0. The van der Waals surface area contributed by atoms with Crippen molar-refractivity contribution in [2.45, 2.75) is 25.3 Å². The fourth-order valence-electron chi connectivity index (χ4n) is 3.11. The molecule has 5 nitrogen and oxygen atoms in total. The van der Waals surface area contributed by atoms with Crippen LogP contribution >= 0.6 is 35.3 Å². The van der Waals surface area contributed by atoms with E-state index in [2.05, 4.69) is 15.6 Å². The molecule has 1 saturated heterocycles. The second kappa shape index (κ2) is 10.1.